The molecule has 3 atom stereocenters. The molecule has 1 aromatic heterocycles. The topological polar surface area (TPSA) is 65.5 Å². The van der Waals surface area contributed by atoms with Crippen molar-refractivity contribution < 1.29 is 9.90 Å². The summed E-state index contributed by atoms with van der Waals surface area (Å²) < 4.78 is 0. The average Bonchev–Trinajstić information content (AvgIpc) is 3.17. The number of aliphatic hydroxyl groups is 1. The highest BCUT2D eigenvalue weighted by Gasteiger charge is 2.37. The Morgan fingerprint density at radius 2 is 1.96 bits per heavy atom. The Morgan fingerprint density at radius 1 is 1.12 bits per heavy atom. The lowest BCUT2D eigenvalue weighted by Gasteiger charge is -2.40. The first-order chi connectivity index (χ1) is 12.2. The van der Waals surface area contributed by atoms with E-state index in [1.165, 1.54) is 12.8 Å². The van der Waals surface area contributed by atoms with Crippen LogP contribution >= 0.6 is 0 Å². The smallest absolute Gasteiger partial charge is 0.252 e. The number of carbonyl (C=O) groups is 1. The summed E-state index contributed by atoms with van der Waals surface area (Å²) in [7, 11) is 0. The van der Waals surface area contributed by atoms with Crippen LogP contribution in [0.4, 0.5) is 0 Å². The molecular weight excluding hydrogens is 314 g/mol. The quantitative estimate of drug-likeness (QED) is 0.901. The minimum atomic E-state index is -0.496. The maximum absolute atomic E-state index is 12.8. The number of likely N-dealkylation sites (tertiary alicyclic amines) is 1. The molecule has 0 unspecified atom stereocenters. The number of fused-ring (bicyclic) bond motifs is 1. The third-order valence-electron chi connectivity index (χ3n) is 5.64. The van der Waals surface area contributed by atoms with Gasteiger partial charge in [0, 0.05) is 23.2 Å². The minimum absolute atomic E-state index is 0.121. The predicted octanol–water partition coefficient (Wildman–Crippen LogP) is 2.34. The summed E-state index contributed by atoms with van der Waals surface area (Å²) in [5.74, 6) is -0.121. The maximum atomic E-state index is 12.8. The molecule has 132 valence electrons. The molecule has 0 spiro atoms. The molecule has 1 aliphatic carbocycles. The molecule has 2 fully saturated rings. The van der Waals surface area contributed by atoms with Gasteiger partial charge < -0.3 is 10.4 Å². The zero-order valence-corrected chi connectivity index (χ0v) is 14.4. The van der Waals surface area contributed by atoms with Crippen molar-refractivity contribution in [3.05, 3.63) is 42.1 Å². The van der Waals surface area contributed by atoms with Gasteiger partial charge in [0.05, 0.1) is 17.7 Å². The fraction of sp³-hybridized carbons (Fsp3) is 0.500. The molecule has 5 heteroatoms. The molecule has 0 radical (unpaired) electrons. The number of carbonyl (C=O) groups excluding carboxylic acids is 1. The minimum Gasteiger partial charge on any atom is -0.389 e. The van der Waals surface area contributed by atoms with Gasteiger partial charge in [-0.3, -0.25) is 14.7 Å². The number of amides is 1. The summed E-state index contributed by atoms with van der Waals surface area (Å²) in [5, 5.41) is 14.8. The van der Waals surface area contributed by atoms with Crippen LogP contribution in [-0.2, 0) is 0 Å². The van der Waals surface area contributed by atoms with Crippen molar-refractivity contribution >= 4 is 16.8 Å². The second kappa shape index (κ2) is 7.10. The highest BCUT2D eigenvalue weighted by atomic mass is 16.3. The van der Waals surface area contributed by atoms with Crippen LogP contribution in [-0.4, -0.2) is 52.2 Å². The first kappa shape index (κ1) is 16.5. The Kier molecular flexibility index (Phi) is 4.68. The lowest BCUT2D eigenvalue weighted by Crippen LogP contribution is -2.56. The first-order valence-corrected chi connectivity index (χ1v) is 9.31. The summed E-state index contributed by atoms with van der Waals surface area (Å²) in [6.07, 6.45) is 6.55. The summed E-state index contributed by atoms with van der Waals surface area (Å²) in [4.78, 5) is 19.5. The van der Waals surface area contributed by atoms with Crippen molar-refractivity contribution in [2.75, 3.05) is 13.1 Å². The molecule has 0 bridgehead atoms. The van der Waals surface area contributed by atoms with Crippen LogP contribution in [0.2, 0.25) is 0 Å². The second-order valence-corrected chi connectivity index (χ2v) is 7.19. The van der Waals surface area contributed by atoms with Gasteiger partial charge >= 0.3 is 0 Å². The first-order valence-electron chi connectivity index (χ1n) is 9.31. The van der Waals surface area contributed by atoms with Gasteiger partial charge in [-0.05, 0) is 63.4 Å². The number of pyridine rings is 1. The van der Waals surface area contributed by atoms with E-state index < -0.39 is 6.10 Å². The molecule has 2 aromatic rings. The van der Waals surface area contributed by atoms with Crippen LogP contribution in [0.5, 0.6) is 0 Å². The number of aromatic nitrogens is 1. The average molecular weight is 339 g/mol. The van der Waals surface area contributed by atoms with E-state index in [1.807, 2.05) is 30.3 Å². The van der Waals surface area contributed by atoms with E-state index in [0.717, 1.165) is 43.3 Å². The largest absolute Gasteiger partial charge is 0.389 e. The summed E-state index contributed by atoms with van der Waals surface area (Å²) in [6, 6.07) is 9.35. The molecule has 5 nitrogen and oxygen atoms in total. The van der Waals surface area contributed by atoms with Crippen molar-refractivity contribution in [1.82, 2.24) is 15.2 Å². The Labute approximate surface area is 148 Å². The number of benzene rings is 1. The Hall–Kier alpha value is -1.98. The molecule has 2 aliphatic rings. The molecule has 1 aromatic carbocycles. The Bertz CT molecular complexity index is 752. The number of aliphatic hydroxyl groups excluding tert-OH is 1. The van der Waals surface area contributed by atoms with Gasteiger partial charge in [0.1, 0.15) is 0 Å². The van der Waals surface area contributed by atoms with Gasteiger partial charge in [-0.1, -0.05) is 12.1 Å². The molecule has 1 saturated carbocycles. The van der Waals surface area contributed by atoms with Crippen molar-refractivity contribution in [3.63, 3.8) is 0 Å². The van der Waals surface area contributed by atoms with Gasteiger partial charge in [0.2, 0.25) is 0 Å². The van der Waals surface area contributed by atoms with Gasteiger partial charge in [0.15, 0.2) is 0 Å². The van der Waals surface area contributed by atoms with Crippen molar-refractivity contribution in [1.29, 1.82) is 0 Å². The number of nitrogens with one attached hydrogen (secondary N) is 1. The third kappa shape index (κ3) is 3.26. The fourth-order valence-electron chi connectivity index (χ4n) is 4.33. The SMILES string of the molecule is O=C(N[C@@H]1CCC[C@@H](N2CCCC2)[C@@H]1O)c1cccc2ncccc12. The number of hydrogen-bond acceptors (Lipinski definition) is 4. The molecule has 1 aliphatic heterocycles. The van der Waals surface area contributed by atoms with E-state index >= 15 is 0 Å². The lowest BCUT2D eigenvalue weighted by molar-refractivity contribution is 0.00706. The number of nitrogens with zero attached hydrogens (tertiary/aromatic N) is 2. The Morgan fingerprint density at radius 3 is 2.80 bits per heavy atom. The van der Waals surface area contributed by atoms with Gasteiger partial charge in [-0.15, -0.1) is 0 Å². The zero-order valence-electron chi connectivity index (χ0n) is 14.4. The maximum Gasteiger partial charge on any atom is 0.252 e. The highest BCUT2D eigenvalue weighted by Crippen LogP contribution is 2.27. The third-order valence-corrected chi connectivity index (χ3v) is 5.64. The van der Waals surface area contributed by atoms with E-state index in [4.69, 9.17) is 0 Å². The number of rotatable bonds is 3. The number of hydrogen-bond donors (Lipinski definition) is 2. The summed E-state index contributed by atoms with van der Waals surface area (Å²) in [6.45, 7) is 2.13. The van der Waals surface area contributed by atoms with Crippen molar-refractivity contribution in [2.45, 2.75) is 50.3 Å². The van der Waals surface area contributed by atoms with Gasteiger partial charge in [-0.2, -0.15) is 0 Å². The van der Waals surface area contributed by atoms with Crippen LogP contribution in [0.1, 0.15) is 42.5 Å². The van der Waals surface area contributed by atoms with E-state index in [9.17, 15) is 9.90 Å². The van der Waals surface area contributed by atoms with E-state index in [2.05, 4.69) is 15.2 Å². The molecule has 2 N–H and O–H groups in total. The van der Waals surface area contributed by atoms with Crippen LogP contribution in [0.3, 0.4) is 0 Å². The summed E-state index contributed by atoms with van der Waals surface area (Å²) in [5.41, 5.74) is 1.44. The molecule has 2 heterocycles. The molecule has 1 saturated heterocycles. The Balaban J connectivity index is 1.51. The zero-order chi connectivity index (χ0) is 17.2. The summed E-state index contributed by atoms with van der Waals surface area (Å²) >= 11 is 0. The van der Waals surface area contributed by atoms with E-state index in [1.54, 1.807) is 6.20 Å². The van der Waals surface area contributed by atoms with Gasteiger partial charge in [-0.25, -0.2) is 0 Å². The predicted molar refractivity (Wildman–Crippen MR) is 97.5 cm³/mol. The lowest BCUT2D eigenvalue weighted by atomic mass is 9.87. The highest BCUT2D eigenvalue weighted by molar-refractivity contribution is 6.06. The molecule has 1 amide bonds. The fourth-order valence-corrected chi connectivity index (χ4v) is 4.33. The van der Waals surface area contributed by atoms with E-state index in [0.29, 0.717) is 5.56 Å². The molecule has 25 heavy (non-hydrogen) atoms. The van der Waals surface area contributed by atoms with Crippen LogP contribution in [0, 0.1) is 0 Å². The van der Waals surface area contributed by atoms with Gasteiger partial charge in [0.25, 0.3) is 5.91 Å². The van der Waals surface area contributed by atoms with E-state index in [-0.39, 0.29) is 18.0 Å². The molecule has 4 rings (SSSR count). The standard InChI is InChI=1S/C20H25N3O2/c24-19-17(9-4-10-18(19)23-12-1-2-13-23)22-20(25)15-6-3-8-16-14(15)7-5-11-21-16/h3,5-8,11,17-19,24H,1-2,4,9-10,12-13H2,(H,22,25)/t17-,18-,19-/m1/s1. The monoisotopic (exact) mass is 339 g/mol. The second-order valence-electron chi connectivity index (χ2n) is 7.19. The van der Waals surface area contributed by atoms with Crippen molar-refractivity contribution in [3.8, 4) is 0 Å². The van der Waals surface area contributed by atoms with Crippen LogP contribution in [0.15, 0.2) is 36.5 Å². The van der Waals surface area contributed by atoms with Crippen LogP contribution in [0.25, 0.3) is 10.9 Å². The van der Waals surface area contributed by atoms with Crippen molar-refractivity contribution in [2.24, 2.45) is 0 Å². The normalized spacial score (nSPS) is 27.5. The van der Waals surface area contributed by atoms with Crippen LogP contribution < -0.4 is 5.32 Å². The molecular formula is C20H25N3O2.